The van der Waals surface area contributed by atoms with Gasteiger partial charge in [0.2, 0.25) is 11.8 Å². The van der Waals surface area contributed by atoms with Gasteiger partial charge in [-0.15, -0.1) is 0 Å². The summed E-state index contributed by atoms with van der Waals surface area (Å²) in [7, 11) is 3.61. The summed E-state index contributed by atoms with van der Waals surface area (Å²) in [6.45, 7) is 3.40. The minimum Gasteiger partial charge on any atom is -0.504 e. The zero-order valence-electron chi connectivity index (χ0n) is 39.9. The van der Waals surface area contributed by atoms with Gasteiger partial charge in [-0.3, -0.25) is 19.4 Å². The molecular weight excluding hydrogens is 889 g/mol. The number of likely N-dealkylation sites (tertiary alicyclic amines) is 2. The standard InChI is InChI=1S/C56H62N4O10/c1-57(43(61)9-7-33-13-21-67-29-33)39-11-15-55(65)41-25-35-23-37(47(63)49-45(35)53(55,51(39)69-49)17-19-59(41)27-31-3-4-31)38-24-36-26-42-56(66)16-12-40(58(2)44(62)10-8-34-14-22-68-30-34)52-54(56,46(36)50(70-52)48(38)64)18-20-60(42)28-32-5-6-32/h7-10,13-14,21-24,29-32,39-42,51-52,63-66H,3-6,11-12,15-20,25-28H2,1-2H3/b9-7+,10-8+/t39-,40-,41-,42-,51+,52+,53+,54+,55-,56-/m1/s1. The zero-order chi connectivity index (χ0) is 47.6. The number of phenolic OH excluding ortho intramolecular Hbond substituents is 2. The molecule has 4 N–H and O–H groups in total. The maximum atomic E-state index is 14.0. The Labute approximate surface area is 407 Å². The number of piperidine rings is 2. The van der Waals surface area contributed by atoms with Crippen LogP contribution in [0.1, 0.15) is 97.6 Å². The van der Waals surface area contributed by atoms with Crippen LogP contribution in [0, 0.1) is 11.8 Å². The molecule has 14 heteroatoms. The molecule has 366 valence electrons. The maximum absolute atomic E-state index is 14.0. The number of aromatic hydroxyl groups is 2. The van der Waals surface area contributed by atoms with E-state index in [-0.39, 0.29) is 35.4 Å². The van der Waals surface area contributed by atoms with Gasteiger partial charge in [-0.25, -0.2) is 0 Å². The number of likely N-dealkylation sites (N-methyl/N-ethyl adjacent to an activating group) is 2. The first-order valence-electron chi connectivity index (χ1n) is 25.8. The van der Waals surface area contributed by atoms with Gasteiger partial charge in [0, 0.05) is 84.8 Å². The highest BCUT2D eigenvalue weighted by molar-refractivity contribution is 5.93. The summed E-state index contributed by atoms with van der Waals surface area (Å²) in [5.41, 5.74) is 1.94. The molecule has 14 rings (SSSR count). The Morgan fingerprint density at radius 2 is 1.09 bits per heavy atom. The van der Waals surface area contributed by atoms with Crippen LogP contribution in [0.3, 0.4) is 0 Å². The number of amides is 2. The predicted octanol–water partition coefficient (Wildman–Crippen LogP) is 6.16. The summed E-state index contributed by atoms with van der Waals surface area (Å²) >= 11 is 0. The molecule has 70 heavy (non-hydrogen) atoms. The van der Waals surface area contributed by atoms with Crippen LogP contribution < -0.4 is 9.47 Å². The second-order valence-electron chi connectivity index (χ2n) is 22.8. The number of carbonyl (C=O) groups excluding carboxylic acids is 2. The number of benzene rings is 2. The lowest BCUT2D eigenvalue weighted by molar-refractivity contribution is -0.200. The molecule has 2 amide bonds. The number of carbonyl (C=O) groups is 2. The molecule has 10 atom stereocenters. The van der Waals surface area contributed by atoms with Crippen LogP contribution in [-0.4, -0.2) is 140 Å². The monoisotopic (exact) mass is 950 g/mol. The van der Waals surface area contributed by atoms with Crippen LogP contribution in [0.5, 0.6) is 23.0 Å². The predicted molar refractivity (Wildman–Crippen MR) is 257 cm³/mol. The number of aliphatic hydroxyl groups is 2. The average molecular weight is 951 g/mol. The van der Waals surface area contributed by atoms with Gasteiger partial charge >= 0.3 is 0 Å². The van der Waals surface area contributed by atoms with Crippen LogP contribution >= 0.6 is 0 Å². The molecule has 4 bridgehead atoms. The fraction of sp³-hybridized carbons (Fsp3) is 0.536. The third-order valence-electron chi connectivity index (χ3n) is 19.6. The van der Waals surface area contributed by atoms with Gasteiger partial charge in [-0.1, -0.05) is 0 Å². The van der Waals surface area contributed by atoms with E-state index in [2.05, 4.69) is 9.80 Å². The molecule has 14 nitrogen and oxygen atoms in total. The lowest BCUT2D eigenvalue weighted by Crippen LogP contribution is -2.78. The van der Waals surface area contributed by atoms with E-state index < -0.39 is 46.3 Å². The summed E-state index contributed by atoms with van der Waals surface area (Å²) in [5, 5.41) is 52.5. The SMILES string of the molecule is CN(C(=O)/C=C/c1ccoc1)[C@@H]1CC[C@@]2(O)[C@H]3Cc4cc(-c5cc6c7c(c5O)O[C@H]5[C@H](N(C)C(=O)/C=C/c8ccoc8)CC[C@@]8(O)[C@@H](C6)N(CC6CC6)CC[C@]758)c(O)c5c4[C@@]2(CCN3CC2CC2)[C@H]1O5. The van der Waals surface area contributed by atoms with Crippen molar-refractivity contribution in [1.82, 2.24) is 19.6 Å². The second kappa shape index (κ2) is 15.0. The first kappa shape index (κ1) is 43.3. The topological polar surface area (TPSA) is 173 Å². The molecule has 4 aromatic rings. The summed E-state index contributed by atoms with van der Waals surface area (Å²) in [4.78, 5) is 36.4. The highest BCUT2D eigenvalue weighted by Crippen LogP contribution is 2.70. The van der Waals surface area contributed by atoms with Crippen molar-refractivity contribution >= 4 is 24.0 Å². The maximum Gasteiger partial charge on any atom is 0.246 e. The number of furan rings is 2. The molecule has 6 heterocycles. The van der Waals surface area contributed by atoms with Gasteiger partial charge in [-0.05, 0) is 150 Å². The number of hydrogen-bond donors (Lipinski definition) is 4. The fourth-order valence-electron chi connectivity index (χ4n) is 15.9. The summed E-state index contributed by atoms with van der Waals surface area (Å²) in [5.74, 6) is 1.26. The van der Waals surface area contributed by atoms with Gasteiger partial charge in [0.15, 0.2) is 23.0 Å². The summed E-state index contributed by atoms with van der Waals surface area (Å²) in [6, 6.07) is 6.44. The van der Waals surface area contributed by atoms with E-state index in [0.29, 0.717) is 85.8 Å². The van der Waals surface area contributed by atoms with Crippen LogP contribution in [0.25, 0.3) is 23.3 Å². The fourth-order valence-corrected chi connectivity index (χ4v) is 15.9. The van der Waals surface area contributed by atoms with Gasteiger partial charge in [-0.2, -0.15) is 0 Å². The van der Waals surface area contributed by atoms with Crippen molar-refractivity contribution in [2.45, 2.75) is 135 Å². The second-order valence-corrected chi connectivity index (χ2v) is 22.8. The molecule has 4 saturated carbocycles. The smallest absolute Gasteiger partial charge is 0.246 e. The molecular formula is C56H62N4O10. The minimum atomic E-state index is -1.16. The number of phenols is 2. The van der Waals surface area contributed by atoms with Crippen molar-refractivity contribution in [3.63, 3.8) is 0 Å². The Hall–Kier alpha value is -5.54. The Morgan fingerprint density at radius 3 is 1.47 bits per heavy atom. The molecule has 6 fully saturated rings. The number of hydrogen-bond acceptors (Lipinski definition) is 12. The highest BCUT2D eigenvalue weighted by atomic mass is 16.5. The van der Waals surface area contributed by atoms with Crippen molar-refractivity contribution < 1.29 is 48.3 Å². The van der Waals surface area contributed by atoms with Gasteiger partial charge in [0.1, 0.15) is 12.2 Å². The van der Waals surface area contributed by atoms with E-state index >= 15 is 0 Å². The minimum absolute atomic E-state index is 0.108. The Balaban J connectivity index is 0.887. The molecule has 2 saturated heterocycles. The largest absolute Gasteiger partial charge is 0.504 e. The van der Waals surface area contributed by atoms with Gasteiger partial charge < -0.3 is 48.5 Å². The third kappa shape index (κ3) is 5.76. The van der Waals surface area contributed by atoms with E-state index in [1.807, 2.05) is 12.1 Å². The van der Waals surface area contributed by atoms with Crippen molar-refractivity contribution in [1.29, 1.82) is 0 Å². The normalized spacial score (nSPS) is 35.4. The molecule has 2 aromatic carbocycles. The molecule has 10 aliphatic rings. The van der Waals surface area contributed by atoms with Crippen molar-refractivity contribution in [2.75, 3.05) is 40.3 Å². The van der Waals surface area contributed by atoms with Crippen LogP contribution in [-0.2, 0) is 33.3 Å². The lowest BCUT2D eigenvalue weighted by Gasteiger charge is -2.64. The van der Waals surface area contributed by atoms with E-state index in [9.17, 15) is 30.0 Å². The Morgan fingerprint density at radius 1 is 0.657 bits per heavy atom. The van der Waals surface area contributed by atoms with Crippen molar-refractivity contribution in [2.24, 2.45) is 11.8 Å². The van der Waals surface area contributed by atoms with Gasteiger partial charge in [0.05, 0.1) is 59.2 Å². The molecule has 2 aromatic heterocycles. The number of nitrogens with zero attached hydrogens (tertiary/aromatic N) is 4. The summed E-state index contributed by atoms with van der Waals surface area (Å²) < 4.78 is 24.8. The van der Waals surface area contributed by atoms with E-state index in [4.69, 9.17) is 18.3 Å². The molecule has 0 unspecified atom stereocenters. The van der Waals surface area contributed by atoms with Crippen LogP contribution in [0.15, 0.2) is 70.3 Å². The van der Waals surface area contributed by atoms with E-state index in [1.165, 1.54) is 25.7 Å². The van der Waals surface area contributed by atoms with E-state index in [1.54, 1.807) is 85.4 Å². The molecule has 2 spiro atoms. The number of ether oxygens (including phenoxy) is 2. The van der Waals surface area contributed by atoms with Gasteiger partial charge in [0.25, 0.3) is 0 Å². The number of rotatable bonds is 11. The molecule has 4 aliphatic heterocycles. The van der Waals surface area contributed by atoms with Crippen LogP contribution in [0.2, 0.25) is 0 Å². The average Bonchev–Trinajstić information content (AvgIpc) is 4.09. The highest BCUT2D eigenvalue weighted by Gasteiger charge is 2.75. The lowest BCUT2D eigenvalue weighted by atomic mass is 9.48. The Kier molecular flexibility index (Phi) is 9.27. The third-order valence-corrected chi connectivity index (χ3v) is 19.6. The van der Waals surface area contributed by atoms with Crippen LogP contribution in [0.4, 0.5) is 0 Å². The van der Waals surface area contributed by atoms with Crippen molar-refractivity contribution in [3.05, 3.63) is 94.9 Å². The molecule has 6 aliphatic carbocycles. The van der Waals surface area contributed by atoms with Crippen molar-refractivity contribution in [3.8, 4) is 34.1 Å². The Bertz CT molecular complexity index is 2690. The molecule has 0 radical (unpaired) electrons. The summed E-state index contributed by atoms with van der Waals surface area (Å²) in [6.07, 6.45) is 20.7. The van der Waals surface area contributed by atoms with E-state index in [0.717, 1.165) is 59.6 Å². The zero-order valence-corrected chi connectivity index (χ0v) is 39.9. The first-order valence-corrected chi connectivity index (χ1v) is 25.8. The quantitative estimate of drug-likeness (QED) is 0.127. The first-order chi connectivity index (χ1) is 33.8.